The molecule has 3 aromatic carbocycles. The zero-order valence-electron chi connectivity index (χ0n) is 13.9. The highest BCUT2D eigenvalue weighted by atomic mass is 19.1. The zero-order valence-corrected chi connectivity index (χ0v) is 13.9. The second-order valence-corrected chi connectivity index (χ2v) is 6.04. The van der Waals surface area contributed by atoms with Gasteiger partial charge in [-0.05, 0) is 41.5 Å². The van der Waals surface area contributed by atoms with Crippen LogP contribution in [0.4, 0.5) is 4.39 Å². The number of hydrogen-bond donors (Lipinski definition) is 0. The summed E-state index contributed by atoms with van der Waals surface area (Å²) >= 11 is 0. The quantitative estimate of drug-likeness (QED) is 0.481. The molecule has 4 rings (SSSR count). The maximum Gasteiger partial charge on any atom is 0.123 e. The van der Waals surface area contributed by atoms with E-state index >= 15 is 0 Å². The summed E-state index contributed by atoms with van der Waals surface area (Å²) in [6.07, 6.45) is 2.10. The van der Waals surface area contributed by atoms with Crippen LogP contribution in [0.2, 0.25) is 0 Å². The molecule has 0 spiro atoms. The summed E-state index contributed by atoms with van der Waals surface area (Å²) in [5, 5.41) is 1.18. The molecule has 1 heterocycles. The summed E-state index contributed by atoms with van der Waals surface area (Å²) < 4.78 is 20.7. The molecule has 0 aliphatic rings. The third kappa shape index (κ3) is 3.01. The third-order valence-electron chi connectivity index (χ3n) is 4.46. The van der Waals surface area contributed by atoms with E-state index in [9.17, 15) is 4.39 Å². The van der Waals surface area contributed by atoms with E-state index in [2.05, 4.69) is 41.1 Å². The normalized spacial score (nSPS) is 11.0. The fourth-order valence-electron chi connectivity index (χ4n) is 3.18. The van der Waals surface area contributed by atoms with Gasteiger partial charge in [0.2, 0.25) is 0 Å². The monoisotopic (exact) mass is 331 g/mol. The van der Waals surface area contributed by atoms with Gasteiger partial charge in [0, 0.05) is 23.7 Å². The van der Waals surface area contributed by atoms with Crippen LogP contribution < -0.4 is 4.74 Å². The molecule has 0 unspecified atom stereocenters. The molecule has 0 saturated heterocycles. The Morgan fingerprint density at radius 3 is 2.36 bits per heavy atom. The molecule has 3 heteroatoms. The first kappa shape index (κ1) is 15.5. The van der Waals surface area contributed by atoms with Crippen LogP contribution in [0.15, 0.2) is 79.0 Å². The van der Waals surface area contributed by atoms with Crippen LogP contribution in [0.1, 0.15) is 5.56 Å². The predicted octanol–water partition coefficient (Wildman–Crippen LogP) is 5.50. The topological polar surface area (TPSA) is 14.2 Å². The molecule has 0 radical (unpaired) electrons. The lowest BCUT2D eigenvalue weighted by atomic mass is 10.0. The molecule has 25 heavy (non-hydrogen) atoms. The Morgan fingerprint density at radius 2 is 1.64 bits per heavy atom. The molecular weight excluding hydrogens is 313 g/mol. The predicted molar refractivity (Wildman–Crippen MR) is 99.4 cm³/mol. The Morgan fingerprint density at radius 1 is 0.880 bits per heavy atom. The maximum absolute atomic E-state index is 13.3. The van der Waals surface area contributed by atoms with E-state index < -0.39 is 0 Å². The number of ether oxygens (including phenoxy) is 1. The average molecular weight is 331 g/mol. The molecule has 2 nitrogen and oxygen atoms in total. The number of halogens is 1. The van der Waals surface area contributed by atoms with Gasteiger partial charge in [-0.25, -0.2) is 4.39 Å². The average Bonchev–Trinajstić information content (AvgIpc) is 3.06. The van der Waals surface area contributed by atoms with Crippen molar-refractivity contribution >= 4 is 10.9 Å². The van der Waals surface area contributed by atoms with Crippen molar-refractivity contribution in [2.75, 3.05) is 7.11 Å². The Hall–Kier alpha value is -3.07. The minimum absolute atomic E-state index is 0.218. The largest absolute Gasteiger partial charge is 0.497 e. The van der Waals surface area contributed by atoms with E-state index in [0.29, 0.717) is 0 Å². The van der Waals surface area contributed by atoms with Gasteiger partial charge in [0.1, 0.15) is 11.6 Å². The minimum atomic E-state index is -0.218. The molecule has 0 fully saturated rings. The number of nitrogens with zero attached hydrogens (tertiary/aromatic N) is 1. The molecule has 0 saturated carbocycles. The van der Waals surface area contributed by atoms with Crippen LogP contribution in [0.5, 0.6) is 5.75 Å². The number of methoxy groups -OCH3 is 1. The molecule has 0 bridgehead atoms. The second-order valence-electron chi connectivity index (χ2n) is 6.04. The molecule has 0 N–H and O–H groups in total. The van der Waals surface area contributed by atoms with Gasteiger partial charge in [-0.15, -0.1) is 0 Å². The van der Waals surface area contributed by atoms with Crippen LogP contribution in [0.25, 0.3) is 22.0 Å². The van der Waals surface area contributed by atoms with E-state index in [-0.39, 0.29) is 5.82 Å². The van der Waals surface area contributed by atoms with Gasteiger partial charge in [-0.3, -0.25) is 0 Å². The van der Waals surface area contributed by atoms with Gasteiger partial charge >= 0.3 is 0 Å². The Bertz CT molecular complexity index is 1000. The van der Waals surface area contributed by atoms with Crippen molar-refractivity contribution in [1.82, 2.24) is 4.57 Å². The first-order valence-corrected chi connectivity index (χ1v) is 8.21. The fraction of sp³-hybridized carbons (Fsp3) is 0.0909. The summed E-state index contributed by atoms with van der Waals surface area (Å²) in [4.78, 5) is 0. The van der Waals surface area contributed by atoms with Crippen molar-refractivity contribution in [3.05, 3.63) is 90.4 Å². The van der Waals surface area contributed by atoms with E-state index in [0.717, 1.165) is 28.9 Å². The molecule has 0 amide bonds. The molecule has 4 aromatic rings. The SMILES string of the molecule is COc1ccc(Cn2ccc3cccc(-c4ccc(F)cc4)c32)cc1. The summed E-state index contributed by atoms with van der Waals surface area (Å²) in [5.74, 6) is 0.637. The van der Waals surface area contributed by atoms with Crippen LogP contribution in [-0.4, -0.2) is 11.7 Å². The lowest BCUT2D eigenvalue weighted by molar-refractivity contribution is 0.414. The number of aromatic nitrogens is 1. The number of rotatable bonds is 4. The summed E-state index contributed by atoms with van der Waals surface area (Å²) in [6.45, 7) is 0.770. The van der Waals surface area contributed by atoms with Crippen molar-refractivity contribution in [3.8, 4) is 16.9 Å². The van der Waals surface area contributed by atoms with E-state index in [1.54, 1.807) is 7.11 Å². The zero-order chi connectivity index (χ0) is 17.2. The van der Waals surface area contributed by atoms with Gasteiger partial charge in [-0.1, -0.05) is 42.5 Å². The van der Waals surface area contributed by atoms with Gasteiger partial charge in [0.25, 0.3) is 0 Å². The lowest BCUT2D eigenvalue weighted by Crippen LogP contribution is -1.99. The highest BCUT2D eigenvalue weighted by Gasteiger charge is 2.09. The van der Waals surface area contributed by atoms with Gasteiger partial charge < -0.3 is 9.30 Å². The maximum atomic E-state index is 13.3. The first-order valence-electron chi connectivity index (χ1n) is 8.21. The smallest absolute Gasteiger partial charge is 0.123 e. The van der Waals surface area contributed by atoms with Crippen LogP contribution in [0.3, 0.4) is 0 Å². The van der Waals surface area contributed by atoms with E-state index in [1.165, 1.54) is 23.1 Å². The summed E-state index contributed by atoms with van der Waals surface area (Å²) in [7, 11) is 1.67. The Kier molecular flexibility index (Phi) is 3.98. The van der Waals surface area contributed by atoms with E-state index in [4.69, 9.17) is 4.74 Å². The van der Waals surface area contributed by atoms with Crippen molar-refractivity contribution in [1.29, 1.82) is 0 Å². The van der Waals surface area contributed by atoms with Crippen molar-refractivity contribution in [2.24, 2.45) is 0 Å². The molecule has 0 aliphatic heterocycles. The van der Waals surface area contributed by atoms with Crippen LogP contribution in [-0.2, 0) is 6.54 Å². The number of benzene rings is 3. The minimum Gasteiger partial charge on any atom is -0.497 e. The third-order valence-corrected chi connectivity index (χ3v) is 4.46. The van der Waals surface area contributed by atoms with Crippen molar-refractivity contribution < 1.29 is 9.13 Å². The van der Waals surface area contributed by atoms with Gasteiger partial charge in [-0.2, -0.15) is 0 Å². The molecule has 1 aromatic heterocycles. The first-order chi connectivity index (χ1) is 12.2. The summed E-state index contributed by atoms with van der Waals surface area (Å²) in [5.41, 5.74) is 4.48. The molecular formula is C22H18FNO. The molecule has 0 aliphatic carbocycles. The second kappa shape index (κ2) is 6.44. The van der Waals surface area contributed by atoms with Crippen LogP contribution >= 0.6 is 0 Å². The van der Waals surface area contributed by atoms with Crippen LogP contribution in [0, 0.1) is 5.82 Å². The molecule has 124 valence electrons. The van der Waals surface area contributed by atoms with E-state index in [1.807, 2.05) is 30.3 Å². The Balaban J connectivity index is 1.78. The number of para-hydroxylation sites is 1. The standard InChI is InChI=1S/C22H18FNO/c1-25-20-11-5-16(6-12-20)15-24-14-13-18-3-2-4-21(22(18)24)17-7-9-19(23)10-8-17/h2-14H,15H2,1H3. The van der Waals surface area contributed by atoms with Crippen molar-refractivity contribution in [3.63, 3.8) is 0 Å². The van der Waals surface area contributed by atoms with Gasteiger partial charge in [0.05, 0.1) is 12.6 Å². The fourth-order valence-corrected chi connectivity index (χ4v) is 3.18. The number of fused-ring (bicyclic) bond motifs is 1. The number of hydrogen-bond acceptors (Lipinski definition) is 1. The van der Waals surface area contributed by atoms with Gasteiger partial charge in [0.15, 0.2) is 0 Å². The van der Waals surface area contributed by atoms with Crippen molar-refractivity contribution in [2.45, 2.75) is 6.54 Å². The molecule has 0 atom stereocenters. The highest BCUT2D eigenvalue weighted by Crippen LogP contribution is 2.30. The summed E-state index contributed by atoms with van der Waals surface area (Å²) in [6, 6.07) is 23.1. The lowest BCUT2D eigenvalue weighted by Gasteiger charge is -2.11. The highest BCUT2D eigenvalue weighted by molar-refractivity contribution is 5.94. The Labute approximate surface area is 146 Å².